The quantitative estimate of drug-likeness (QED) is 0.217. The summed E-state index contributed by atoms with van der Waals surface area (Å²) in [5.74, 6) is 1.09. The lowest BCUT2D eigenvalue weighted by molar-refractivity contribution is -0.232. The van der Waals surface area contributed by atoms with Crippen LogP contribution < -0.4 is 0 Å². The van der Waals surface area contributed by atoms with Gasteiger partial charge in [0.2, 0.25) is 0 Å². The molecule has 4 bridgehead atoms. The smallest absolute Gasteiger partial charge is 0.333 e. The van der Waals surface area contributed by atoms with Crippen molar-refractivity contribution >= 4 is 5.97 Å². The summed E-state index contributed by atoms with van der Waals surface area (Å²) in [6, 6.07) is 0. The summed E-state index contributed by atoms with van der Waals surface area (Å²) in [6.45, 7) is 9.59. The number of carbonyl (C=O) groups excluding carboxylic acids is 1. The average molecular weight is 419 g/mol. The molecule has 0 amide bonds. The van der Waals surface area contributed by atoms with Crippen LogP contribution in [0.3, 0.4) is 0 Å². The van der Waals surface area contributed by atoms with E-state index in [-0.39, 0.29) is 22.8 Å². The van der Waals surface area contributed by atoms with E-state index in [2.05, 4.69) is 13.5 Å². The molecular weight excluding hydrogens is 376 g/mol. The second kappa shape index (κ2) is 8.94. The van der Waals surface area contributed by atoms with Crippen molar-refractivity contribution in [3.8, 4) is 0 Å². The van der Waals surface area contributed by atoms with E-state index >= 15 is 0 Å². The molecule has 3 unspecified atom stereocenters. The number of unbranched alkanes of at least 4 members (excludes halogenated alkanes) is 4. The molecule has 1 aliphatic heterocycles. The van der Waals surface area contributed by atoms with E-state index in [1.54, 1.807) is 6.92 Å². The maximum absolute atomic E-state index is 12.3. The monoisotopic (exact) mass is 418 g/mol. The lowest BCUT2D eigenvalue weighted by Crippen LogP contribution is -2.61. The summed E-state index contributed by atoms with van der Waals surface area (Å²) in [5, 5.41) is 0. The molecule has 1 saturated heterocycles. The number of hydrogen-bond donors (Lipinski definition) is 0. The minimum absolute atomic E-state index is 0.0471. The Labute approximate surface area is 183 Å². The lowest BCUT2D eigenvalue weighted by Gasteiger charge is -2.60. The molecule has 4 heteroatoms. The molecule has 5 aliphatic rings. The SMILES string of the molecule is C=C(C)C(=O)OC12CC3CC(CC(OCCCCCCCC4(CC)CCO4)(C3)C1)C2. The van der Waals surface area contributed by atoms with Crippen LogP contribution in [-0.2, 0) is 19.0 Å². The van der Waals surface area contributed by atoms with Gasteiger partial charge in [-0.05, 0) is 76.5 Å². The third-order valence-electron chi connectivity index (χ3n) is 8.41. The third-order valence-corrected chi connectivity index (χ3v) is 8.41. The van der Waals surface area contributed by atoms with Crippen molar-refractivity contribution in [2.45, 2.75) is 121 Å². The highest BCUT2D eigenvalue weighted by Gasteiger charge is 2.60. The van der Waals surface area contributed by atoms with Gasteiger partial charge in [0.05, 0.1) is 17.8 Å². The first-order chi connectivity index (χ1) is 14.4. The lowest BCUT2D eigenvalue weighted by atomic mass is 9.52. The van der Waals surface area contributed by atoms with Gasteiger partial charge in [-0.25, -0.2) is 4.79 Å². The molecule has 0 radical (unpaired) electrons. The molecule has 5 rings (SSSR count). The summed E-state index contributed by atoms with van der Waals surface area (Å²) < 4.78 is 18.4. The van der Waals surface area contributed by atoms with Crippen LogP contribution in [0, 0.1) is 11.8 Å². The molecule has 0 aromatic carbocycles. The predicted octanol–water partition coefficient (Wildman–Crippen LogP) is 6.12. The van der Waals surface area contributed by atoms with Crippen molar-refractivity contribution in [2.24, 2.45) is 11.8 Å². The molecule has 4 nitrogen and oxygen atoms in total. The number of rotatable bonds is 12. The van der Waals surface area contributed by atoms with Crippen LogP contribution in [0.2, 0.25) is 0 Å². The van der Waals surface area contributed by atoms with Crippen LogP contribution in [0.5, 0.6) is 0 Å². The standard InChI is InChI=1S/C26H42O4/c1-4-24(11-13-29-24)10-8-6-5-7-9-12-28-25-15-21-14-22(16-25)18-26(17-21,19-25)30-23(27)20(2)3/h21-22H,2,4-19H2,1,3H3. The fourth-order valence-corrected chi connectivity index (χ4v) is 7.08. The van der Waals surface area contributed by atoms with Gasteiger partial charge in [0.25, 0.3) is 0 Å². The van der Waals surface area contributed by atoms with Crippen molar-refractivity contribution in [1.29, 1.82) is 0 Å². The van der Waals surface area contributed by atoms with Gasteiger partial charge in [0.1, 0.15) is 5.60 Å². The molecule has 4 saturated carbocycles. The maximum Gasteiger partial charge on any atom is 0.333 e. The Morgan fingerprint density at radius 3 is 2.27 bits per heavy atom. The number of carbonyl (C=O) groups is 1. The zero-order valence-electron chi connectivity index (χ0n) is 19.3. The molecule has 170 valence electrons. The van der Waals surface area contributed by atoms with E-state index in [4.69, 9.17) is 14.2 Å². The van der Waals surface area contributed by atoms with Gasteiger partial charge in [-0.1, -0.05) is 39.2 Å². The highest BCUT2D eigenvalue weighted by molar-refractivity contribution is 5.87. The largest absolute Gasteiger partial charge is 0.456 e. The van der Waals surface area contributed by atoms with Crippen LogP contribution >= 0.6 is 0 Å². The van der Waals surface area contributed by atoms with Gasteiger partial charge < -0.3 is 14.2 Å². The van der Waals surface area contributed by atoms with Crippen LogP contribution in [0.4, 0.5) is 0 Å². The third kappa shape index (κ3) is 4.80. The van der Waals surface area contributed by atoms with Gasteiger partial charge in [-0.2, -0.15) is 0 Å². The van der Waals surface area contributed by atoms with E-state index < -0.39 is 0 Å². The summed E-state index contributed by atoms with van der Waals surface area (Å²) in [6.07, 6.45) is 16.5. The molecule has 0 aromatic heterocycles. The average Bonchev–Trinajstić information content (AvgIpc) is 2.64. The van der Waals surface area contributed by atoms with Crippen LogP contribution in [0.15, 0.2) is 12.2 Å². The molecule has 4 aliphatic carbocycles. The van der Waals surface area contributed by atoms with Crippen LogP contribution in [0.1, 0.15) is 104 Å². The highest BCUT2D eigenvalue weighted by atomic mass is 16.6. The van der Waals surface area contributed by atoms with Gasteiger partial charge in [0.15, 0.2) is 0 Å². The molecular formula is C26H42O4. The summed E-state index contributed by atoms with van der Waals surface area (Å²) in [7, 11) is 0. The van der Waals surface area contributed by atoms with Crippen molar-refractivity contribution in [3.05, 3.63) is 12.2 Å². The van der Waals surface area contributed by atoms with E-state index in [0.29, 0.717) is 17.4 Å². The zero-order valence-corrected chi connectivity index (χ0v) is 19.3. The van der Waals surface area contributed by atoms with Crippen LogP contribution in [0.25, 0.3) is 0 Å². The van der Waals surface area contributed by atoms with E-state index in [1.165, 1.54) is 44.9 Å². The number of hydrogen-bond acceptors (Lipinski definition) is 4. The first kappa shape index (κ1) is 22.3. The normalized spacial score (nSPS) is 39.0. The second-order valence-electron chi connectivity index (χ2n) is 11.0. The van der Waals surface area contributed by atoms with E-state index in [1.807, 2.05) is 0 Å². The Morgan fingerprint density at radius 1 is 1.03 bits per heavy atom. The Morgan fingerprint density at radius 2 is 1.67 bits per heavy atom. The van der Waals surface area contributed by atoms with Crippen molar-refractivity contribution in [3.63, 3.8) is 0 Å². The fourth-order valence-electron chi connectivity index (χ4n) is 7.08. The predicted molar refractivity (Wildman–Crippen MR) is 118 cm³/mol. The molecule has 0 N–H and O–H groups in total. The van der Waals surface area contributed by atoms with Crippen molar-refractivity contribution in [2.75, 3.05) is 13.2 Å². The van der Waals surface area contributed by atoms with Gasteiger partial charge in [0, 0.05) is 18.6 Å². The second-order valence-corrected chi connectivity index (χ2v) is 11.0. The number of esters is 1. The van der Waals surface area contributed by atoms with Gasteiger partial charge in [-0.15, -0.1) is 0 Å². The minimum atomic E-state index is -0.293. The first-order valence-electron chi connectivity index (χ1n) is 12.5. The zero-order chi connectivity index (χ0) is 21.2. The molecule has 0 aromatic rings. The Bertz CT molecular complexity index is 615. The molecule has 30 heavy (non-hydrogen) atoms. The maximum atomic E-state index is 12.3. The van der Waals surface area contributed by atoms with Crippen molar-refractivity contribution in [1.82, 2.24) is 0 Å². The number of ether oxygens (including phenoxy) is 3. The Hall–Kier alpha value is -0.870. The van der Waals surface area contributed by atoms with E-state index in [0.717, 1.165) is 58.2 Å². The van der Waals surface area contributed by atoms with Gasteiger partial charge >= 0.3 is 5.97 Å². The fraction of sp³-hybridized carbons (Fsp3) is 0.885. The van der Waals surface area contributed by atoms with Crippen molar-refractivity contribution < 1.29 is 19.0 Å². The van der Waals surface area contributed by atoms with Gasteiger partial charge in [-0.3, -0.25) is 0 Å². The summed E-state index contributed by atoms with van der Waals surface area (Å²) in [5.41, 5.74) is 0.396. The molecule has 5 fully saturated rings. The highest BCUT2D eigenvalue weighted by Crippen LogP contribution is 2.60. The Balaban J connectivity index is 1.17. The van der Waals surface area contributed by atoms with Crippen LogP contribution in [-0.4, -0.2) is 36.0 Å². The minimum Gasteiger partial charge on any atom is -0.456 e. The summed E-state index contributed by atoms with van der Waals surface area (Å²) in [4.78, 5) is 12.3. The summed E-state index contributed by atoms with van der Waals surface area (Å²) >= 11 is 0. The Kier molecular flexibility index (Phi) is 6.65. The molecule has 0 spiro atoms. The topological polar surface area (TPSA) is 44.8 Å². The van der Waals surface area contributed by atoms with E-state index in [9.17, 15) is 4.79 Å². The molecule has 1 heterocycles. The first-order valence-corrected chi connectivity index (χ1v) is 12.5. The molecule has 3 atom stereocenters.